The van der Waals surface area contributed by atoms with Crippen LogP contribution >= 0.6 is 11.3 Å². The van der Waals surface area contributed by atoms with Crippen molar-refractivity contribution in [2.75, 3.05) is 5.73 Å². The molecular formula is C10H19N3S. The van der Waals surface area contributed by atoms with Crippen molar-refractivity contribution in [1.82, 2.24) is 10.3 Å². The summed E-state index contributed by atoms with van der Waals surface area (Å²) in [6.45, 7) is 9.44. The van der Waals surface area contributed by atoms with Crippen LogP contribution in [0.5, 0.6) is 0 Å². The molecule has 0 saturated heterocycles. The lowest BCUT2D eigenvalue weighted by atomic mass is 10.1. The van der Waals surface area contributed by atoms with Crippen LogP contribution in [-0.4, -0.2) is 10.5 Å². The predicted molar refractivity (Wildman–Crippen MR) is 62.5 cm³/mol. The van der Waals surface area contributed by atoms with Gasteiger partial charge in [0.2, 0.25) is 0 Å². The van der Waals surface area contributed by atoms with Crippen molar-refractivity contribution in [2.45, 2.75) is 46.2 Å². The number of anilines is 1. The Morgan fingerprint density at radius 1 is 1.43 bits per heavy atom. The maximum atomic E-state index is 5.67. The highest BCUT2D eigenvalue weighted by atomic mass is 32.1. The van der Waals surface area contributed by atoms with E-state index in [1.165, 1.54) is 4.88 Å². The normalized spacial score (nSPS) is 12.0. The summed E-state index contributed by atoms with van der Waals surface area (Å²) in [6, 6.07) is 0. The number of rotatable bonds is 3. The van der Waals surface area contributed by atoms with Gasteiger partial charge in [-0.3, -0.25) is 0 Å². The maximum Gasteiger partial charge on any atom is 0.180 e. The first-order valence-electron chi connectivity index (χ1n) is 4.91. The summed E-state index contributed by atoms with van der Waals surface area (Å²) in [6.07, 6.45) is 0.953. The van der Waals surface area contributed by atoms with Crippen molar-refractivity contribution in [2.24, 2.45) is 0 Å². The van der Waals surface area contributed by atoms with E-state index in [1.54, 1.807) is 11.3 Å². The fraction of sp³-hybridized carbons (Fsp3) is 0.700. The highest BCUT2D eigenvalue weighted by molar-refractivity contribution is 7.15. The van der Waals surface area contributed by atoms with E-state index in [0.29, 0.717) is 5.13 Å². The summed E-state index contributed by atoms with van der Waals surface area (Å²) >= 11 is 1.58. The third-order valence-electron chi connectivity index (χ3n) is 1.91. The van der Waals surface area contributed by atoms with Crippen LogP contribution in [0.1, 0.15) is 38.3 Å². The first-order chi connectivity index (χ1) is 6.42. The number of hydrogen-bond donors (Lipinski definition) is 2. The lowest BCUT2D eigenvalue weighted by molar-refractivity contribution is 0.425. The van der Waals surface area contributed by atoms with Crippen LogP contribution in [0.15, 0.2) is 0 Å². The zero-order chi connectivity index (χ0) is 10.8. The van der Waals surface area contributed by atoms with E-state index in [2.05, 4.69) is 38.0 Å². The molecule has 0 unspecified atom stereocenters. The average Bonchev–Trinajstić information content (AvgIpc) is 2.41. The number of aromatic nitrogens is 1. The van der Waals surface area contributed by atoms with Gasteiger partial charge < -0.3 is 11.1 Å². The fourth-order valence-corrected chi connectivity index (χ4v) is 2.02. The molecule has 0 bridgehead atoms. The molecule has 1 heterocycles. The van der Waals surface area contributed by atoms with Gasteiger partial charge in [0.25, 0.3) is 0 Å². The molecule has 0 aliphatic carbocycles. The van der Waals surface area contributed by atoms with Crippen molar-refractivity contribution in [3.8, 4) is 0 Å². The van der Waals surface area contributed by atoms with Crippen LogP contribution in [-0.2, 0) is 13.0 Å². The number of nitrogens with two attached hydrogens (primary N) is 1. The smallest absolute Gasteiger partial charge is 0.180 e. The van der Waals surface area contributed by atoms with E-state index in [1.807, 2.05) is 0 Å². The minimum absolute atomic E-state index is 0.143. The highest BCUT2D eigenvalue weighted by Gasteiger charge is 2.12. The van der Waals surface area contributed by atoms with Crippen molar-refractivity contribution < 1.29 is 0 Å². The van der Waals surface area contributed by atoms with E-state index in [-0.39, 0.29) is 5.54 Å². The van der Waals surface area contributed by atoms with Gasteiger partial charge in [0.05, 0.1) is 5.69 Å². The van der Waals surface area contributed by atoms with Gasteiger partial charge in [-0.1, -0.05) is 6.92 Å². The second-order valence-corrected chi connectivity index (χ2v) is 5.49. The average molecular weight is 213 g/mol. The van der Waals surface area contributed by atoms with Crippen molar-refractivity contribution >= 4 is 16.5 Å². The Bertz CT molecular complexity index is 299. The van der Waals surface area contributed by atoms with E-state index >= 15 is 0 Å². The monoisotopic (exact) mass is 213 g/mol. The van der Waals surface area contributed by atoms with Crippen LogP contribution in [0.3, 0.4) is 0 Å². The summed E-state index contributed by atoms with van der Waals surface area (Å²) in [5.41, 5.74) is 6.95. The Hall–Kier alpha value is -0.610. The van der Waals surface area contributed by atoms with E-state index in [0.717, 1.165) is 18.7 Å². The minimum atomic E-state index is 0.143. The third-order valence-corrected chi connectivity index (χ3v) is 2.84. The van der Waals surface area contributed by atoms with Gasteiger partial charge in [0.1, 0.15) is 0 Å². The van der Waals surface area contributed by atoms with Crippen molar-refractivity contribution in [1.29, 1.82) is 0 Å². The summed E-state index contributed by atoms with van der Waals surface area (Å²) in [5, 5.41) is 4.11. The lowest BCUT2D eigenvalue weighted by Gasteiger charge is -2.20. The van der Waals surface area contributed by atoms with Crippen molar-refractivity contribution in [3.05, 3.63) is 10.6 Å². The molecule has 1 aromatic rings. The quantitative estimate of drug-likeness (QED) is 0.809. The SMILES string of the molecule is CCc1nc(N)sc1CNC(C)(C)C. The largest absolute Gasteiger partial charge is 0.375 e. The van der Waals surface area contributed by atoms with Gasteiger partial charge in [-0.05, 0) is 27.2 Å². The Morgan fingerprint density at radius 2 is 2.07 bits per heavy atom. The molecule has 0 atom stereocenters. The molecule has 3 N–H and O–H groups in total. The Kier molecular flexibility index (Phi) is 3.50. The number of aryl methyl sites for hydroxylation is 1. The zero-order valence-electron chi connectivity index (χ0n) is 9.35. The van der Waals surface area contributed by atoms with Gasteiger partial charge in [-0.15, -0.1) is 11.3 Å². The van der Waals surface area contributed by atoms with Crippen molar-refractivity contribution in [3.63, 3.8) is 0 Å². The van der Waals surface area contributed by atoms with Crippen LogP contribution < -0.4 is 11.1 Å². The molecule has 0 spiro atoms. The molecule has 0 aliphatic heterocycles. The zero-order valence-corrected chi connectivity index (χ0v) is 10.2. The molecule has 0 radical (unpaired) electrons. The van der Waals surface area contributed by atoms with Gasteiger partial charge in [0.15, 0.2) is 5.13 Å². The van der Waals surface area contributed by atoms with Gasteiger partial charge in [0, 0.05) is 17.0 Å². The number of nitrogens with zero attached hydrogens (tertiary/aromatic N) is 1. The third kappa shape index (κ3) is 3.27. The van der Waals surface area contributed by atoms with Crippen LogP contribution in [0, 0.1) is 0 Å². The van der Waals surface area contributed by atoms with Crippen LogP contribution in [0.25, 0.3) is 0 Å². The summed E-state index contributed by atoms with van der Waals surface area (Å²) in [4.78, 5) is 5.55. The molecular weight excluding hydrogens is 194 g/mol. The number of hydrogen-bond acceptors (Lipinski definition) is 4. The van der Waals surface area contributed by atoms with Gasteiger partial charge >= 0.3 is 0 Å². The molecule has 3 nitrogen and oxygen atoms in total. The molecule has 0 saturated carbocycles. The standard InChI is InChI=1S/C10H19N3S/c1-5-7-8(14-9(11)13-7)6-12-10(2,3)4/h12H,5-6H2,1-4H3,(H2,11,13). The number of nitrogen functional groups attached to an aromatic ring is 1. The van der Waals surface area contributed by atoms with Crippen LogP contribution in [0.2, 0.25) is 0 Å². The predicted octanol–water partition coefficient (Wildman–Crippen LogP) is 2.18. The topological polar surface area (TPSA) is 50.9 Å². The molecule has 4 heteroatoms. The molecule has 0 fully saturated rings. The second kappa shape index (κ2) is 4.28. The van der Waals surface area contributed by atoms with Gasteiger partial charge in [-0.25, -0.2) is 4.98 Å². The maximum absolute atomic E-state index is 5.67. The Morgan fingerprint density at radius 3 is 2.57 bits per heavy atom. The van der Waals surface area contributed by atoms with E-state index in [9.17, 15) is 0 Å². The molecule has 1 aromatic heterocycles. The number of thiazole rings is 1. The number of nitrogens with one attached hydrogen (secondary N) is 1. The molecule has 1 rings (SSSR count). The minimum Gasteiger partial charge on any atom is -0.375 e. The molecule has 80 valence electrons. The fourth-order valence-electron chi connectivity index (χ4n) is 1.16. The van der Waals surface area contributed by atoms with Crippen LogP contribution in [0.4, 0.5) is 5.13 Å². The molecule has 0 aromatic carbocycles. The Labute approximate surface area is 89.7 Å². The highest BCUT2D eigenvalue weighted by Crippen LogP contribution is 2.21. The van der Waals surface area contributed by atoms with E-state index in [4.69, 9.17) is 5.73 Å². The molecule has 14 heavy (non-hydrogen) atoms. The lowest BCUT2D eigenvalue weighted by Crippen LogP contribution is -2.35. The summed E-state index contributed by atoms with van der Waals surface area (Å²) in [5.74, 6) is 0. The molecule has 0 aliphatic rings. The first kappa shape index (κ1) is 11.5. The summed E-state index contributed by atoms with van der Waals surface area (Å²) in [7, 11) is 0. The second-order valence-electron chi connectivity index (χ2n) is 4.38. The Balaban J connectivity index is 2.66. The first-order valence-corrected chi connectivity index (χ1v) is 5.73. The van der Waals surface area contributed by atoms with Gasteiger partial charge in [-0.2, -0.15) is 0 Å². The summed E-state index contributed by atoms with van der Waals surface area (Å²) < 4.78 is 0. The van der Waals surface area contributed by atoms with E-state index < -0.39 is 0 Å². The molecule has 0 amide bonds.